The lowest BCUT2D eigenvalue weighted by atomic mass is 10.0. The van der Waals surface area contributed by atoms with E-state index in [1.165, 1.54) is 25.8 Å². The summed E-state index contributed by atoms with van der Waals surface area (Å²) in [5, 5.41) is 3.04. The van der Waals surface area contributed by atoms with Crippen molar-refractivity contribution >= 4 is 17.5 Å². The molecule has 2 saturated heterocycles. The summed E-state index contributed by atoms with van der Waals surface area (Å²) >= 11 is 0. The molecule has 1 aromatic carbocycles. The van der Waals surface area contributed by atoms with E-state index in [4.69, 9.17) is 0 Å². The molecule has 2 heterocycles. The molecule has 2 aliphatic heterocycles. The summed E-state index contributed by atoms with van der Waals surface area (Å²) in [4.78, 5) is 28.0. The molecule has 0 bridgehead atoms. The summed E-state index contributed by atoms with van der Waals surface area (Å²) in [5.74, 6) is 0.0416. The minimum absolute atomic E-state index is 0.0722. The molecule has 3 rings (SSSR count). The number of rotatable bonds is 6. The zero-order valence-electron chi connectivity index (χ0n) is 15.2. The van der Waals surface area contributed by atoms with Gasteiger partial charge in [-0.25, -0.2) is 0 Å². The Morgan fingerprint density at radius 2 is 2.12 bits per heavy atom. The highest BCUT2D eigenvalue weighted by Gasteiger charge is 2.25. The molecule has 0 aromatic heterocycles. The van der Waals surface area contributed by atoms with Crippen molar-refractivity contribution in [3.8, 4) is 0 Å². The Labute approximate surface area is 150 Å². The number of para-hydroxylation sites is 1. The number of benzene rings is 1. The van der Waals surface area contributed by atoms with Gasteiger partial charge in [-0.3, -0.25) is 9.59 Å². The van der Waals surface area contributed by atoms with Crippen molar-refractivity contribution in [2.24, 2.45) is 0 Å². The van der Waals surface area contributed by atoms with Crippen molar-refractivity contribution in [3.05, 3.63) is 29.8 Å². The molecule has 5 nitrogen and oxygen atoms in total. The van der Waals surface area contributed by atoms with Crippen LogP contribution in [0.25, 0.3) is 0 Å². The number of quaternary nitrogens is 1. The van der Waals surface area contributed by atoms with Crippen LogP contribution in [0, 0.1) is 0 Å². The van der Waals surface area contributed by atoms with Crippen LogP contribution in [0.4, 0.5) is 5.69 Å². The Bertz CT molecular complexity index is 617. The standard InChI is InChI=1S/C20H29N3O2/c1-16-8-4-5-13-22(16)14-7-12-21-20(25)17-9-2-3-10-18(17)23-15-6-11-19(23)24/h2-3,9-10,16H,4-8,11-15H2,1H3,(H,21,25)/p+1/t16-/m0/s1. The molecule has 5 heteroatoms. The normalized spacial score (nSPS) is 23.7. The number of nitrogens with zero attached hydrogens (tertiary/aromatic N) is 1. The van der Waals surface area contributed by atoms with Crippen LogP contribution < -0.4 is 15.1 Å². The predicted molar refractivity (Wildman–Crippen MR) is 99.0 cm³/mol. The van der Waals surface area contributed by atoms with Crippen LogP contribution in [-0.4, -0.2) is 44.0 Å². The van der Waals surface area contributed by atoms with Crippen LogP contribution in [0.1, 0.15) is 55.8 Å². The fourth-order valence-corrected chi connectivity index (χ4v) is 4.04. The first kappa shape index (κ1) is 17.9. The minimum atomic E-state index is -0.0722. The second kappa shape index (κ2) is 8.48. The third kappa shape index (κ3) is 4.40. The molecular formula is C20H30N3O2+. The van der Waals surface area contributed by atoms with Gasteiger partial charge in [0.15, 0.2) is 0 Å². The number of carbonyl (C=O) groups is 2. The van der Waals surface area contributed by atoms with Gasteiger partial charge in [0.25, 0.3) is 5.91 Å². The number of hydrogen-bond acceptors (Lipinski definition) is 2. The van der Waals surface area contributed by atoms with Crippen LogP contribution in [0.2, 0.25) is 0 Å². The monoisotopic (exact) mass is 344 g/mol. The molecular weight excluding hydrogens is 314 g/mol. The van der Waals surface area contributed by atoms with E-state index in [0.717, 1.165) is 31.1 Å². The highest BCUT2D eigenvalue weighted by atomic mass is 16.2. The summed E-state index contributed by atoms with van der Waals surface area (Å²) in [6.45, 7) is 6.11. The number of carbonyl (C=O) groups excluding carboxylic acids is 2. The molecule has 0 spiro atoms. The van der Waals surface area contributed by atoms with E-state index in [1.54, 1.807) is 9.80 Å². The quantitative estimate of drug-likeness (QED) is 0.767. The van der Waals surface area contributed by atoms with Gasteiger partial charge in [-0.05, 0) is 44.7 Å². The Morgan fingerprint density at radius 3 is 2.88 bits per heavy atom. The lowest BCUT2D eigenvalue weighted by Crippen LogP contribution is -3.16. The van der Waals surface area contributed by atoms with Gasteiger partial charge in [-0.1, -0.05) is 12.1 Å². The van der Waals surface area contributed by atoms with Crippen molar-refractivity contribution in [2.45, 2.75) is 51.5 Å². The molecule has 0 aliphatic carbocycles. The van der Waals surface area contributed by atoms with Gasteiger partial charge in [-0.15, -0.1) is 0 Å². The second-order valence-corrected chi connectivity index (χ2v) is 7.33. The summed E-state index contributed by atoms with van der Waals surface area (Å²) < 4.78 is 0. The maximum absolute atomic E-state index is 12.6. The number of likely N-dealkylation sites (tertiary alicyclic amines) is 1. The van der Waals surface area contributed by atoms with Crippen LogP contribution in [0.5, 0.6) is 0 Å². The largest absolute Gasteiger partial charge is 0.352 e. The number of amides is 2. The van der Waals surface area contributed by atoms with Gasteiger partial charge in [0, 0.05) is 25.9 Å². The zero-order chi connectivity index (χ0) is 17.6. The highest BCUT2D eigenvalue weighted by Crippen LogP contribution is 2.25. The van der Waals surface area contributed by atoms with Crippen molar-refractivity contribution in [3.63, 3.8) is 0 Å². The predicted octanol–water partition coefficient (Wildman–Crippen LogP) is 1.39. The van der Waals surface area contributed by atoms with E-state index < -0.39 is 0 Å². The molecule has 2 fully saturated rings. The van der Waals surface area contributed by atoms with Crippen LogP contribution in [-0.2, 0) is 4.79 Å². The Kier molecular flexibility index (Phi) is 6.08. The van der Waals surface area contributed by atoms with Crippen LogP contribution in [0.3, 0.4) is 0 Å². The van der Waals surface area contributed by atoms with E-state index >= 15 is 0 Å². The molecule has 2 N–H and O–H groups in total. The second-order valence-electron chi connectivity index (χ2n) is 7.33. The first-order valence-corrected chi connectivity index (χ1v) is 9.69. The SMILES string of the molecule is C[C@H]1CCCC[NH+]1CCCNC(=O)c1ccccc1N1CCCC1=O. The molecule has 2 amide bonds. The van der Waals surface area contributed by atoms with E-state index in [9.17, 15) is 9.59 Å². The van der Waals surface area contributed by atoms with Gasteiger partial charge < -0.3 is 15.1 Å². The Balaban J connectivity index is 1.52. The molecule has 0 saturated carbocycles. The van der Waals surface area contributed by atoms with Gasteiger partial charge in [0.05, 0.1) is 30.4 Å². The van der Waals surface area contributed by atoms with Crippen LogP contribution >= 0.6 is 0 Å². The average molecular weight is 344 g/mol. The maximum Gasteiger partial charge on any atom is 0.253 e. The number of hydrogen-bond donors (Lipinski definition) is 2. The molecule has 0 radical (unpaired) electrons. The Hall–Kier alpha value is -1.88. The highest BCUT2D eigenvalue weighted by molar-refractivity contribution is 6.05. The number of piperidine rings is 1. The Morgan fingerprint density at radius 1 is 1.28 bits per heavy atom. The fourth-order valence-electron chi connectivity index (χ4n) is 4.04. The van der Waals surface area contributed by atoms with Gasteiger partial charge >= 0.3 is 0 Å². The van der Waals surface area contributed by atoms with E-state index in [-0.39, 0.29) is 11.8 Å². The fraction of sp³-hybridized carbons (Fsp3) is 0.600. The summed E-state index contributed by atoms with van der Waals surface area (Å²) in [6.07, 6.45) is 6.43. The number of anilines is 1. The van der Waals surface area contributed by atoms with Crippen molar-refractivity contribution in [2.75, 3.05) is 31.1 Å². The molecule has 1 aromatic rings. The smallest absolute Gasteiger partial charge is 0.253 e. The average Bonchev–Trinajstić information content (AvgIpc) is 3.06. The van der Waals surface area contributed by atoms with Crippen molar-refractivity contribution < 1.29 is 14.5 Å². The molecule has 2 aliphatic rings. The molecule has 2 atom stereocenters. The summed E-state index contributed by atoms with van der Waals surface area (Å²) in [7, 11) is 0. The first-order chi connectivity index (χ1) is 12.2. The molecule has 25 heavy (non-hydrogen) atoms. The summed E-state index contributed by atoms with van der Waals surface area (Å²) in [5.41, 5.74) is 1.36. The summed E-state index contributed by atoms with van der Waals surface area (Å²) in [6, 6.07) is 8.18. The minimum Gasteiger partial charge on any atom is -0.352 e. The van der Waals surface area contributed by atoms with Crippen molar-refractivity contribution in [1.82, 2.24) is 5.32 Å². The lowest BCUT2D eigenvalue weighted by Gasteiger charge is -2.30. The van der Waals surface area contributed by atoms with E-state index in [0.29, 0.717) is 25.1 Å². The van der Waals surface area contributed by atoms with Gasteiger partial charge in [-0.2, -0.15) is 0 Å². The van der Waals surface area contributed by atoms with Crippen molar-refractivity contribution in [1.29, 1.82) is 0 Å². The van der Waals surface area contributed by atoms with Gasteiger partial charge in [0.2, 0.25) is 5.91 Å². The van der Waals surface area contributed by atoms with Crippen LogP contribution in [0.15, 0.2) is 24.3 Å². The third-order valence-corrected chi connectivity index (χ3v) is 5.56. The lowest BCUT2D eigenvalue weighted by molar-refractivity contribution is -0.928. The maximum atomic E-state index is 12.6. The van der Waals surface area contributed by atoms with Gasteiger partial charge in [0.1, 0.15) is 0 Å². The first-order valence-electron chi connectivity index (χ1n) is 9.69. The van der Waals surface area contributed by atoms with E-state index in [1.807, 2.05) is 24.3 Å². The van der Waals surface area contributed by atoms with E-state index in [2.05, 4.69) is 12.2 Å². The number of nitrogens with one attached hydrogen (secondary N) is 2. The topological polar surface area (TPSA) is 53.9 Å². The molecule has 136 valence electrons. The molecule has 1 unspecified atom stereocenters. The zero-order valence-corrected chi connectivity index (χ0v) is 15.2. The third-order valence-electron chi connectivity index (χ3n) is 5.56.